The predicted octanol–water partition coefficient (Wildman–Crippen LogP) is 3.26. The Hall–Kier alpha value is -0.0600. The van der Waals surface area contributed by atoms with E-state index >= 15 is 0 Å². The molecule has 2 bridgehead atoms. The molecule has 0 heterocycles. The Morgan fingerprint density at radius 2 is 1.20 bits per heavy atom. The van der Waals surface area contributed by atoms with Crippen molar-refractivity contribution in [1.29, 1.82) is 0 Å². The molecule has 0 saturated heterocycles. The molecule has 0 spiro atoms. The van der Waals surface area contributed by atoms with Gasteiger partial charge >= 0.3 is 12.2 Å². The first-order valence-corrected chi connectivity index (χ1v) is 10.4. The number of rotatable bonds is 6. The van der Waals surface area contributed by atoms with Gasteiger partial charge < -0.3 is 10.2 Å². The lowest BCUT2D eigenvalue weighted by Crippen LogP contribution is -2.57. The van der Waals surface area contributed by atoms with E-state index in [0.717, 1.165) is 19.3 Å². The van der Waals surface area contributed by atoms with Crippen molar-refractivity contribution in [2.45, 2.75) is 66.4 Å². The van der Waals surface area contributed by atoms with Gasteiger partial charge in [-0.25, -0.2) is 9.59 Å². The van der Waals surface area contributed by atoms with Crippen LogP contribution < -0.4 is 0 Å². The first-order chi connectivity index (χ1) is 11.6. The molecule has 6 nitrogen and oxygen atoms in total. The third kappa shape index (κ3) is 4.27. The zero-order valence-electron chi connectivity index (χ0n) is 14.1. The minimum absolute atomic E-state index is 0.0549. The maximum Gasteiger partial charge on any atom is 0.408 e. The van der Waals surface area contributed by atoms with Crippen molar-refractivity contribution in [2.75, 3.05) is 0 Å². The summed E-state index contributed by atoms with van der Waals surface area (Å²) < 4.78 is 0. The molecular weight excluding hydrogens is 400 g/mol. The van der Waals surface area contributed by atoms with E-state index in [4.69, 9.17) is 0 Å². The molecule has 0 aliphatic heterocycles. The zero-order chi connectivity index (χ0) is 19.0. The van der Waals surface area contributed by atoms with Crippen LogP contribution in [-0.4, -0.2) is 65.5 Å². The maximum absolute atomic E-state index is 11.8. The van der Waals surface area contributed by atoms with Crippen molar-refractivity contribution < 1.29 is 19.8 Å². The van der Waals surface area contributed by atoms with Crippen molar-refractivity contribution in [1.82, 2.24) is 9.80 Å². The van der Waals surface area contributed by atoms with E-state index < -0.39 is 22.9 Å². The summed E-state index contributed by atoms with van der Waals surface area (Å²) in [5.41, 5.74) is 0. The van der Waals surface area contributed by atoms with Crippen LogP contribution in [0.4, 0.5) is 9.59 Å². The molecule has 0 radical (unpaired) electrons. The minimum Gasteiger partial charge on any atom is -0.465 e. The monoisotopic (exact) mass is 426 g/mol. The smallest absolute Gasteiger partial charge is 0.408 e. The first-order valence-electron chi connectivity index (χ1n) is 8.31. The summed E-state index contributed by atoms with van der Waals surface area (Å²) in [5, 5.41) is 17.8. The van der Waals surface area contributed by atoms with Gasteiger partial charge in [-0.15, -0.1) is 0 Å². The van der Waals surface area contributed by atoms with Crippen LogP contribution in [0.3, 0.4) is 0 Å². The number of nitrogens with zero attached hydrogens (tertiary/aromatic N) is 2. The highest BCUT2D eigenvalue weighted by Gasteiger charge is 2.54. The fourth-order valence-electron chi connectivity index (χ4n) is 4.28. The topological polar surface area (TPSA) is 81.1 Å². The molecule has 2 fully saturated rings. The summed E-state index contributed by atoms with van der Waals surface area (Å²) in [6, 6.07) is -0.507. The quantitative estimate of drug-likeness (QED) is 0.291. The average molecular weight is 427 g/mol. The second-order valence-corrected chi connectivity index (χ2v) is 9.75. The number of hydrogen-bond donors (Lipinski definition) is 6. The van der Waals surface area contributed by atoms with Gasteiger partial charge in [0.1, 0.15) is 0 Å². The van der Waals surface area contributed by atoms with Gasteiger partial charge in [0.2, 0.25) is 0 Å². The van der Waals surface area contributed by atoms with Crippen LogP contribution in [0.5, 0.6) is 0 Å². The fraction of sp³-hybridized carbons (Fsp3) is 0.867. The molecule has 0 aromatic carbocycles. The molecule has 2 aliphatic rings. The Kier molecular flexibility index (Phi) is 7.06. The number of carbonyl (C=O) groups is 2. The molecule has 2 amide bonds. The molecule has 0 aromatic heterocycles. The van der Waals surface area contributed by atoms with Gasteiger partial charge in [0.15, 0.2) is 0 Å². The van der Waals surface area contributed by atoms with Gasteiger partial charge in [-0.2, -0.15) is 50.5 Å². The second-order valence-electron chi connectivity index (χ2n) is 7.06. The normalized spacial score (nSPS) is 32.7. The number of amides is 2. The third-order valence-electron chi connectivity index (χ3n) is 5.33. The van der Waals surface area contributed by atoms with Crippen LogP contribution in [0, 0.1) is 11.8 Å². The number of hydrogen-bond acceptors (Lipinski definition) is 6. The number of carboxylic acid groups (broad SMARTS) is 2. The lowest BCUT2D eigenvalue weighted by atomic mass is 9.88. The minimum atomic E-state index is -1.04. The Morgan fingerprint density at radius 3 is 1.44 bits per heavy atom. The molecule has 2 saturated carbocycles. The summed E-state index contributed by atoms with van der Waals surface area (Å²) in [6.07, 6.45) is 0.234. The second kappa shape index (κ2) is 8.31. The Bertz CT molecular complexity index is 480. The SMILES string of the molecule is CC(S)C(S)N(C(=O)O)C1CC2CC1C(N(C(=O)O)C(S)C(C)S)C2. The van der Waals surface area contributed by atoms with Crippen LogP contribution >= 0.6 is 50.5 Å². The lowest BCUT2D eigenvalue weighted by Gasteiger charge is -2.44. The molecule has 144 valence electrons. The van der Waals surface area contributed by atoms with Gasteiger partial charge in [-0.05, 0) is 25.2 Å². The van der Waals surface area contributed by atoms with Crippen molar-refractivity contribution in [3.05, 3.63) is 0 Å². The third-order valence-corrected chi connectivity index (χ3v) is 7.76. The molecule has 0 aromatic rings. The molecule has 6 atom stereocenters. The van der Waals surface area contributed by atoms with E-state index in [0.29, 0.717) is 5.92 Å². The summed E-state index contributed by atoms with van der Waals surface area (Å²) in [6.45, 7) is 3.61. The van der Waals surface area contributed by atoms with Crippen LogP contribution in [0.25, 0.3) is 0 Å². The Balaban J connectivity index is 2.28. The largest absolute Gasteiger partial charge is 0.465 e. The van der Waals surface area contributed by atoms with E-state index in [1.54, 1.807) is 13.8 Å². The first kappa shape index (κ1) is 21.2. The standard InChI is InChI=1S/C15H26N2O4S4/c1-6(22)12(24)16(14(18)19)10-4-8-3-9(10)11(5-8)17(15(20)21)13(25)7(2)23/h6-13,22-25H,3-5H2,1-2H3,(H,18,19)(H,20,21). The molecule has 2 aliphatic carbocycles. The number of fused-ring (bicyclic) bond motifs is 2. The molecule has 10 heteroatoms. The van der Waals surface area contributed by atoms with Gasteiger partial charge in [0, 0.05) is 28.5 Å². The highest BCUT2D eigenvalue weighted by atomic mass is 32.1. The molecular formula is C15H26N2O4S4. The van der Waals surface area contributed by atoms with Crippen molar-refractivity contribution >= 4 is 62.7 Å². The highest BCUT2D eigenvalue weighted by Crippen LogP contribution is 2.50. The van der Waals surface area contributed by atoms with Gasteiger partial charge in [-0.3, -0.25) is 9.80 Å². The Labute approximate surface area is 170 Å². The summed E-state index contributed by atoms with van der Waals surface area (Å²) in [4.78, 5) is 26.4. The zero-order valence-corrected chi connectivity index (χ0v) is 17.7. The van der Waals surface area contributed by atoms with E-state index in [9.17, 15) is 19.8 Å². The maximum atomic E-state index is 11.8. The van der Waals surface area contributed by atoms with Crippen LogP contribution in [0.1, 0.15) is 33.1 Å². The number of thiol groups is 4. The fourth-order valence-corrected chi connectivity index (χ4v) is 5.11. The highest BCUT2D eigenvalue weighted by molar-refractivity contribution is 7.85. The van der Waals surface area contributed by atoms with Crippen LogP contribution in [-0.2, 0) is 0 Å². The van der Waals surface area contributed by atoms with E-state index in [2.05, 4.69) is 50.5 Å². The average Bonchev–Trinajstić information content (AvgIpc) is 3.06. The molecule has 2 rings (SSSR count). The molecule has 6 unspecified atom stereocenters. The molecule has 25 heavy (non-hydrogen) atoms. The summed E-state index contributed by atoms with van der Waals surface area (Å²) >= 11 is 17.5. The lowest BCUT2D eigenvalue weighted by molar-refractivity contribution is 0.0541. The van der Waals surface area contributed by atoms with Gasteiger partial charge in [0.05, 0.1) is 10.7 Å². The Morgan fingerprint density at radius 1 is 0.840 bits per heavy atom. The van der Waals surface area contributed by atoms with Crippen molar-refractivity contribution in [3.63, 3.8) is 0 Å². The van der Waals surface area contributed by atoms with Gasteiger partial charge in [-0.1, -0.05) is 13.8 Å². The van der Waals surface area contributed by atoms with E-state index in [1.807, 2.05) is 0 Å². The summed E-state index contributed by atoms with van der Waals surface area (Å²) in [5.74, 6) is 0.260. The predicted molar refractivity (Wildman–Crippen MR) is 111 cm³/mol. The molecule has 2 N–H and O–H groups in total. The van der Waals surface area contributed by atoms with E-state index in [-0.39, 0.29) is 28.5 Å². The van der Waals surface area contributed by atoms with Gasteiger partial charge in [0.25, 0.3) is 0 Å². The van der Waals surface area contributed by atoms with Crippen LogP contribution in [0.2, 0.25) is 0 Å². The van der Waals surface area contributed by atoms with Crippen molar-refractivity contribution in [3.8, 4) is 0 Å². The van der Waals surface area contributed by atoms with Crippen LogP contribution in [0.15, 0.2) is 0 Å². The van der Waals surface area contributed by atoms with E-state index in [1.165, 1.54) is 9.80 Å². The summed E-state index contributed by atoms with van der Waals surface area (Å²) in [7, 11) is 0. The van der Waals surface area contributed by atoms with Crippen molar-refractivity contribution in [2.24, 2.45) is 11.8 Å².